The molecular formula is C37H20B2Cl2F20N2. The van der Waals surface area contributed by atoms with Gasteiger partial charge in [-0.05, 0) is 34.8 Å². The molecule has 2 bridgehead atoms. The maximum Gasteiger partial charge on any atom is 0.290 e. The number of aromatic nitrogens is 2. The number of benzene rings is 4. The third-order valence-corrected chi connectivity index (χ3v) is 12.7. The lowest BCUT2D eigenvalue weighted by molar-refractivity contribution is -0.651. The Labute approximate surface area is 351 Å². The predicted octanol–water partition coefficient (Wildman–Crippen LogP) is 8.81. The van der Waals surface area contributed by atoms with Crippen molar-refractivity contribution >= 4 is 63.6 Å². The van der Waals surface area contributed by atoms with Crippen LogP contribution < -0.4 is 32.1 Å². The first-order valence-electron chi connectivity index (χ1n) is 17.9. The molecule has 2 aliphatic rings. The normalized spacial score (nSPS) is 16.5. The highest BCUT2D eigenvalue weighted by Crippen LogP contribution is 2.46. The average Bonchev–Trinajstić information content (AvgIpc) is 3.44. The van der Waals surface area contributed by atoms with Crippen LogP contribution in [0.2, 0.25) is 21.9 Å². The molecule has 2 saturated heterocycles. The Bertz CT molecular complexity index is 2300. The maximum atomic E-state index is 15.4. The lowest BCUT2D eigenvalue weighted by Gasteiger charge is -2.44. The molecule has 2 nitrogen and oxygen atoms in total. The molecular weight excluding hydrogens is 945 g/mol. The first-order chi connectivity index (χ1) is 29.3. The molecule has 0 unspecified atom stereocenters. The monoisotopic (exact) mass is 964 g/mol. The highest BCUT2D eigenvalue weighted by atomic mass is 35.5. The van der Waals surface area contributed by atoms with Gasteiger partial charge in [-0.15, -0.1) is 21.9 Å². The van der Waals surface area contributed by atoms with Crippen LogP contribution in [0.15, 0.2) is 0 Å². The van der Waals surface area contributed by atoms with E-state index in [1.54, 1.807) is 0 Å². The molecule has 0 N–H and O–H groups in total. The second-order valence-corrected chi connectivity index (χ2v) is 15.5. The van der Waals surface area contributed by atoms with Crippen LogP contribution in [0.4, 0.5) is 87.8 Å². The zero-order chi connectivity index (χ0) is 47.2. The first-order valence-corrected chi connectivity index (χ1v) is 18.7. The smallest absolute Gasteiger partial charge is 0.229 e. The molecule has 3 heterocycles. The van der Waals surface area contributed by atoms with Gasteiger partial charge in [0, 0.05) is 0 Å². The molecule has 0 spiro atoms. The van der Waals surface area contributed by atoms with Crippen molar-refractivity contribution in [2.24, 2.45) is 14.1 Å². The summed E-state index contributed by atoms with van der Waals surface area (Å²) in [6, 6.07) is 0. The van der Waals surface area contributed by atoms with E-state index in [4.69, 9.17) is 23.2 Å². The van der Waals surface area contributed by atoms with Crippen LogP contribution in [-0.4, -0.2) is 17.4 Å². The summed E-state index contributed by atoms with van der Waals surface area (Å²) in [6.45, 7) is 0.660. The third kappa shape index (κ3) is 6.93. The zero-order valence-corrected chi connectivity index (χ0v) is 32.8. The number of halogens is 22. The van der Waals surface area contributed by atoms with Crippen molar-refractivity contribution in [3.8, 4) is 0 Å². The van der Waals surface area contributed by atoms with Gasteiger partial charge in [0.05, 0.1) is 14.1 Å². The average molecular weight is 965 g/mol. The van der Waals surface area contributed by atoms with Crippen molar-refractivity contribution < 1.29 is 92.4 Å². The quantitative estimate of drug-likeness (QED) is 0.0548. The number of hydrogen-bond donors (Lipinski definition) is 0. The van der Waals surface area contributed by atoms with E-state index in [9.17, 15) is 52.7 Å². The summed E-state index contributed by atoms with van der Waals surface area (Å²) in [6.07, 6.45) is 1.10. The molecule has 4 aromatic carbocycles. The number of hydrogen-bond acceptors (Lipinski definition) is 0. The summed E-state index contributed by atoms with van der Waals surface area (Å²) in [5.41, 5.74) is -13.0. The molecule has 0 radical (unpaired) electrons. The largest absolute Gasteiger partial charge is 0.290 e. The fourth-order valence-corrected chi connectivity index (χ4v) is 9.55. The number of imidazole rings is 1. The van der Waals surface area contributed by atoms with Crippen molar-refractivity contribution in [1.82, 2.24) is 4.57 Å². The third-order valence-electron chi connectivity index (χ3n) is 11.8. The summed E-state index contributed by atoms with van der Waals surface area (Å²) < 4.78 is 298. The molecule has 2 fully saturated rings. The molecule has 0 amide bonds. The number of rotatable bonds is 5. The maximum absolute atomic E-state index is 15.4. The van der Waals surface area contributed by atoms with Crippen LogP contribution in [0.1, 0.15) is 38.5 Å². The van der Waals surface area contributed by atoms with E-state index in [2.05, 4.69) is 9.13 Å². The molecule has 5 aromatic rings. The van der Waals surface area contributed by atoms with E-state index >= 15 is 35.1 Å². The first kappa shape index (κ1) is 47.9. The van der Waals surface area contributed by atoms with Crippen LogP contribution in [0.3, 0.4) is 0 Å². The summed E-state index contributed by atoms with van der Waals surface area (Å²) in [5, 5.41) is 1.36. The summed E-state index contributed by atoms with van der Waals surface area (Å²) in [4.78, 5) is 0. The zero-order valence-electron chi connectivity index (χ0n) is 31.3. The van der Waals surface area contributed by atoms with Gasteiger partial charge in [0.15, 0.2) is 69.8 Å². The number of nitrogens with zero attached hydrogens (tertiary/aromatic N) is 2. The van der Waals surface area contributed by atoms with Gasteiger partial charge in [0.25, 0.3) is 17.0 Å². The summed E-state index contributed by atoms with van der Waals surface area (Å²) >= 11 is 12.6. The van der Waals surface area contributed by atoms with Crippen molar-refractivity contribution in [2.45, 2.75) is 50.2 Å². The van der Waals surface area contributed by atoms with Crippen molar-refractivity contribution in [3.05, 3.63) is 127 Å². The van der Waals surface area contributed by atoms with Gasteiger partial charge < -0.3 is 0 Å². The van der Waals surface area contributed by atoms with E-state index in [0.29, 0.717) is 17.0 Å². The van der Waals surface area contributed by atoms with Crippen LogP contribution >= 0.6 is 23.2 Å². The minimum Gasteiger partial charge on any atom is -0.229 e. The molecule has 0 atom stereocenters. The summed E-state index contributed by atoms with van der Waals surface area (Å²) in [5.74, 6) is -69.7. The van der Waals surface area contributed by atoms with Gasteiger partial charge in [0.2, 0.25) is 5.72 Å². The topological polar surface area (TPSA) is 8.81 Å². The van der Waals surface area contributed by atoms with Crippen molar-refractivity contribution in [1.29, 1.82) is 0 Å². The Morgan fingerprint density at radius 1 is 0.413 bits per heavy atom. The molecule has 63 heavy (non-hydrogen) atoms. The highest BCUT2D eigenvalue weighted by molar-refractivity contribution is 7.20. The molecule has 26 heteroatoms. The lowest BCUT2D eigenvalue weighted by Crippen LogP contribution is -2.81. The molecule has 2 aliphatic heterocycles. The van der Waals surface area contributed by atoms with Crippen LogP contribution in [0, 0.1) is 116 Å². The fourth-order valence-electron chi connectivity index (χ4n) is 9.12. The molecule has 0 saturated carbocycles. The molecule has 338 valence electrons. The lowest BCUT2D eigenvalue weighted by atomic mass is 9.12. The second kappa shape index (κ2) is 17.1. The minimum atomic E-state index is -7.22. The van der Waals surface area contributed by atoms with E-state index in [1.807, 2.05) is 14.1 Å². The second-order valence-electron chi connectivity index (χ2n) is 14.8. The van der Waals surface area contributed by atoms with Crippen LogP contribution in [-0.2, 0) is 14.1 Å². The van der Waals surface area contributed by atoms with Gasteiger partial charge in [-0.25, -0.2) is 96.9 Å². The molecule has 1 aromatic heterocycles. The van der Waals surface area contributed by atoms with E-state index < -0.39 is 144 Å². The molecule has 0 aliphatic carbocycles. The van der Waals surface area contributed by atoms with E-state index in [1.165, 1.54) is 44.2 Å². The summed E-state index contributed by atoms with van der Waals surface area (Å²) in [7, 11) is 4.10. The number of fused-ring (bicyclic) bond motifs is 2. The van der Waals surface area contributed by atoms with E-state index in [0.717, 1.165) is 11.6 Å². The van der Waals surface area contributed by atoms with Crippen molar-refractivity contribution in [3.63, 3.8) is 0 Å². The Morgan fingerprint density at radius 3 is 0.810 bits per heavy atom. The van der Waals surface area contributed by atoms with Crippen LogP contribution in [0.5, 0.6) is 0 Å². The Morgan fingerprint density at radius 2 is 0.619 bits per heavy atom. The Hall–Kier alpha value is -4.60. The predicted molar refractivity (Wildman–Crippen MR) is 186 cm³/mol. The van der Waals surface area contributed by atoms with Gasteiger partial charge in [-0.1, -0.05) is 38.5 Å². The standard InChI is InChI=1S/C24BF20.C13H20BCl2N2/c26-5-1(6(27)14(35)21(42)13(5)34)25(2-7(28)15(36)22(43)16(37)8(2)29,3-9(30)17(38)23(44)18(39)10(3)31)4-11(32)19(40)24(45)20(41)12(4)33;1-17-11(15)12(16)18(2)13(17)14-9-5-3-6-10(14)8-4-7-9/h;9-10H,3-8H2,1-2H3/q-1;+1. The Balaban J connectivity index is 0.000000302. The van der Waals surface area contributed by atoms with Gasteiger partial charge in [-0.3, -0.25) is 0 Å². The molecule has 7 rings (SSSR count). The minimum absolute atomic E-state index is 0.660. The van der Waals surface area contributed by atoms with Gasteiger partial charge in [0.1, 0.15) is 52.7 Å². The van der Waals surface area contributed by atoms with Gasteiger partial charge in [-0.2, -0.15) is 0 Å². The van der Waals surface area contributed by atoms with Gasteiger partial charge >= 0.3 is 0 Å². The highest BCUT2D eigenvalue weighted by Gasteiger charge is 2.53. The fraction of sp³-hybridized carbons (Fsp3) is 0.270. The van der Waals surface area contributed by atoms with Crippen LogP contribution in [0.25, 0.3) is 0 Å². The van der Waals surface area contributed by atoms with Crippen molar-refractivity contribution in [2.75, 3.05) is 0 Å². The SMILES string of the molecule is Cn1c(Cl)c(Cl)[n+](C)c1B1C2CCCC1CCC2.Fc1c(F)c(F)c([B-](c2c(F)c(F)c(F)c(F)c2F)(c2c(F)c(F)c(F)c(F)c2F)c2c(F)c(F)c(F)c(F)c2F)c(F)c1F. The van der Waals surface area contributed by atoms with E-state index in [-0.39, 0.29) is 0 Å². The Kier molecular flexibility index (Phi) is 13.0.